The maximum atomic E-state index is 9.08. The van der Waals surface area contributed by atoms with Crippen LogP contribution in [0.1, 0.15) is 23.2 Å². The van der Waals surface area contributed by atoms with Gasteiger partial charge in [-0.2, -0.15) is 5.26 Å². The van der Waals surface area contributed by atoms with Crippen LogP contribution in [-0.4, -0.2) is 16.7 Å². The van der Waals surface area contributed by atoms with Crippen LogP contribution in [0.3, 0.4) is 0 Å². The molecule has 1 aromatic heterocycles. The van der Waals surface area contributed by atoms with Crippen molar-refractivity contribution in [1.82, 2.24) is 9.55 Å². The number of nitrogens with zero attached hydrogens (tertiary/aromatic N) is 3. The van der Waals surface area contributed by atoms with Crippen LogP contribution in [0.5, 0.6) is 0 Å². The number of nitriles is 1. The van der Waals surface area contributed by atoms with E-state index in [-0.39, 0.29) is 0 Å². The molecular weight excluding hydrogens is 330 g/mol. The lowest BCUT2D eigenvalue weighted by molar-refractivity contribution is 0.204. The van der Waals surface area contributed by atoms with Crippen molar-refractivity contribution in [2.45, 2.75) is 18.4 Å². The predicted molar refractivity (Wildman–Crippen MR) is 82.6 cm³/mol. The van der Waals surface area contributed by atoms with Crippen molar-refractivity contribution in [3.63, 3.8) is 0 Å². The SMILES string of the molecule is C=C(OC)C1(c2ccc(C#N)c(Br)c2)CCc2cncn21. The lowest BCUT2D eigenvalue weighted by atomic mass is 9.85. The van der Waals surface area contributed by atoms with Crippen LogP contribution in [-0.2, 0) is 16.7 Å². The average molecular weight is 344 g/mol. The summed E-state index contributed by atoms with van der Waals surface area (Å²) in [6.45, 7) is 4.10. The van der Waals surface area contributed by atoms with E-state index in [2.05, 4.69) is 38.1 Å². The molecule has 1 aliphatic heterocycles. The van der Waals surface area contributed by atoms with Crippen LogP contribution < -0.4 is 0 Å². The molecule has 4 nitrogen and oxygen atoms in total. The Labute approximate surface area is 131 Å². The van der Waals surface area contributed by atoms with Gasteiger partial charge in [0, 0.05) is 16.4 Å². The summed E-state index contributed by atoms with van der Waals surface area (Å²) in [6.07, 6.45) is 5.48. The minimum Gasteiger partial charge on any atom is -0.499 e. The molecule has 1 aromatic carbocycles. The smallest absolute Gasteiger partial charge is 0.128 e. The number of aryl methyl sites for hydroxylation is 1. The molecule has 0 bridgehead atoms. The summed E-state index contributed by atoms with van der Waals surface area (Å²) in [5.41, 5.74) is 2.35. The summed E-state index contributed by atoms with van der Waals surface area (Å²) in [7, 11) is 1.64. The van der Waals surface area contributed by atoms with Gasteiger partial charge >= 0.3 is 0 Å². The number of halogens is 1. The summed E-state index contributed by atoms with van der Waals surface area (Å²) in [4.78, 5) is 4.24. The minimum atomic E-state index is -0.461. The van der Waals surface area contributed by atoms with E-state index in [4.69, 9.17) is 10.00 Å². The minimum absolute atomic E-state index is 0.461. The van der Waals surface area contributed by atoms with Gasteiger partial charge in [0.25, 0.3) is 0 Å². The largest absolute Gasteiger partial charge is 0.499 e. The number of methoxy groups -OCH3 is 1. The maximum absolute atomic E-state index is 9.08. The van der Waals surface area contributed by atoms with E-state index >= 15 is 0 Å². The fraction of sp³-hybridized carbons (Fsp3) is 0.250. The first kappa shape index (κ1) is 13.9. The number of benzene rings is 1. The molecular formula is C16H14BrN3O. The van der Waals surface area contributed by atoms with Crippen LogP contribution in [0.2, 0.25) is 0 Å². The second-order valence-corrected chi connectivity index (χ2v) is 5.90. The topological polar surface area (TPSA) is 50.8 Å². The molecule has 5 heteroatoms. The average Bonchev–Trinajstić information content (AvgIpc) is 3.08. The lowest BCUT2D eigenvalue weighted by Crippen LogP contribution is -2.34. The number of hydrogen-bond donors (Lipinski definition) is 0. The normalized spacial score (nSPS) is 19.9. The highest BCUT2D eigenvalue weighted by molar-refractivity contribution is 9.10. The molecule has 3 rings (SSSR count). The molecule has 2 aromatic rings. The lowest BCUT2D eigenvalue weighted by Gasteiger charge is -2.33. The number of imidazole rings is 1. The predicted octanol–water partition coefficient (Wildman–Crippen LogP) is 3.37. The van der Waals surface area contributed by atoms with Crippen molar-refractivity contribution < 1.29 is 4.74 Å². The molecule has 0 radical (unpaired) electrons. The number of allylic oxidation sites excluding steroid dienone is 1. The van der Waals surface area contributed by atoms with Crippen molar-refractivity contribution in [3.05, 3.63) is 64.4 Å². The van der Waals surface area contributed by atoms with Crippen LogP contribution in [0, 0.1) is 11.3 Å². The maximum Gasteiger partial charge on any atom is 0.128 e. The molecule has 21 heavy (non-hydrogen) atoms. The van der Waals surface area contributed by atoms with E-state index < -0.39 is 5.54 Å². The Bertz CT molecular complexity index is 759. The molecule has 1 unspecified atom stereocenters. The molecule has 0 spiro atoms. The number of rotatable bonds is 3. The summed E-state index contributed by atoms with van der Waals surface area (Å²) in [5, 5.41) is 9.08. The Morgan fingerprint density at radius 2 is 2.38 bits per heavy atom. The number of fused-ring (bicyclic) bond motifs is 1. The first-order valence-corrected chi connectivity index (χ1v) is 7.38. The highest BCUT2D eigenvalue weighted by Gasteiger charge is 2.43. The van der Waals surface area contributed by atoms with Crippen molar-refractivity contribution in [2.75, 3.05) is 7.11 Å². The molecule has 2 heterocycles. The number of aromatic nitrogens is 2. The molecule has 0 saturated carbocycles. The highest BCUT2D eigenvalue weighted by atomic mass is 79.9. The van der Waals surface area contributed by atoms with E-state index in [1.807, 2.05) is 30.7 Å². The zero-order valence-corrected chi connectivity index (χ0v) is 13.2. The van der Waals surface area contributed by atoms with Crippen molar-refractivity contribution in [3.8, 4) is 6.07 Å². The molecule has 1 atom stereocenters. The first-order chi connectivity index (χ1) is 10.1. The Morgan fingerprint density at radius 1 is 1.57 bits per heavy atom. The molecule has 0 amide bonds. The Balaban J connectivity index is 2.22. The van der Waals surface area contributed by atoms with Crippen LogP contribution in [0.25, 0.3) is 0 Å². The fourth-order valence-electron chi connectivity index (χ4n) is 3.03. The number of hydrogen-bond acceptors (Lipinski definition) is 3. The standard InChI is InChI=1S/C16H14BrN3O/c1-11(21-2)16(6-5-14-9-19-10-20(14)16)13-4-3-12(8-18)15(17)7-13/h3-4,7,9-10H,1,5-6H2,2H3. The summed E-state index contributed by atoms with van der Waals surface area (Å²) >= 11 is 3.46. The van der Waals surface area contributed by atoms with E-state index in [0.29, 0.717) is 11.3 Å². The van der Waals surface area contributed by atoms with E-state index in [0.717, 1.165) is 28.6 Å². The highest BCUT2D eigenvalue weighted by Crippen LogP contribution is 2.44. The number of ether oxygens (including phenoxy) is 1. The third kappa shape index (κ3) is 1.90. The van der Waals surface area contributed by atoms with Crippen LogP contribution in [0.15, 0.2) is 47.5 Å². The van der Waals surface area contributed by atoms with E-state index in [9.17, 15) is 0 Å². The summed E-state index contributed by atoms with van der Waals surface area (Å²) in [6, 6.07) is 7.91. The van der Waals surface area contributed by atoms with Gasteiger partial charge in [-0.1, -0.05) is 12.6 Å². The zero-order chi connectivity index (χ0) is 15.0. The molecule has 106 valence electrons. The second kappa shape index (κ2) is 5.05. The summed E-state index contributed by atoms with van der Waals surface area (Å²) < 4.78 is 8.39. The van der Waals surface area contributed by atoms with E-state index in [1.54, 1.807) is 7.11 Å². The van der Waals surface area contributed by atoms with Gasteiger partial charge < -0.3 is 9.30 Å². The van der Waals surface area contributed by atoms with Gasteiger partial charge in [-0.25, -0.2) is 4.98 Å². The Morgan fingerprint density at radius 3 is 3.05 bits per heavy atom. The Kier molecular flexibility index (Phi) is 3.34. The monoisotopic (exact) mass is 343 g/mol. The van der Waals surface area contributed by atoms with Gasteiger partial charge in [-0.3, -0.25) is 0 Å². The first-order valence-electron chi connectivity index (χ1n) is 6.58. The van der Waals surface area contributed by atoms with Crippen molar-refractivity contribution in [2.24, 2.45) is 0 Å². The third-order valence-electron chi connectivity index (χ3n) is 4.14. The van der Waals surface area contributed by atoms with Crippen molar-refractivity contribution in [1.29, 1.82) is 5.26 Å². The van der Waals surface area contributed by atoms with Crippen LogP contribution >= 0.6 is 15.9 Å². The van der Waals surface area contributed by atoms with E-state index in [1.165, 1.54) is 0 Å². The molecule has 0 fully saturated rings. The third-order valence-corrected chi connectivity index (χ3v) is 4.80. The van der Waals surface area contributed by atoms with Crippen molar-refractivity contribution >= 4 is 15.9 Å². The quantitative estimate of drug-likeness (QED) is 0.803. The van der Waals surface area contributed by atoms with Gasteiger partial charge in [0.15, 0.2) is 0 Å². The summed E-state index contributed by atoms with van der Waals surface area (Å²) in [5.74, 6) is 0.677. The zero-order valence-electron chi connectivity index (χ0n) is 11.6. The molecule has 0 aliphatic carbocycles. The Hall–Kier alpha value is -2.06. The fourth-order valence-corrected chi connectivity index (χ4v) is 3.50. The van der Waals surface area contributed by atoms with Gasteiger partial charge in [0.2, 0.25) is 0 Å². The van der Waals surface area contributed by atoms with Crippen LogP contribution in [0.4, 0.5) is 0 Å². The van der Waals surface area contributed by atoms with Gasteiger partial charge in [0.1, 0.15) is 17.4 Å². The molecule has 0 saturated heterocycles. The van der Waals surface area contributed by atoms with Gasteiger partial charge in [-0.05, 0) is 46.5 Å². The molecule has 0 N–H and O–H groups in total. The van der Waals surface area contributed by atoms with Gasteiger partial charge in [0.05, 0.1) is 19.0 Å². The second-order valence-electron chi connectivity index (χ2n) is 5.05. The molecule has 1 aliphatic rings. The van der Waals surface area contributed by atoms with Gasteiger partial charge in [-0.15, -0.1) is 0 Å².